The standard InChI is InChI=1S/C13H19N5O2S/c1-13(2)8-16-18(9-13)12(15-3)17-21(19,20)11-6-4-10(14)5-7-11/h4-8H,9,14H2,1-3H3,(H,15,17). The molecule has 0 fully saturated rings. The number of sulfonamides is 1. The van der Waals surface area contributed by atoms with E-state index in [-0.39, 0.29) is 16.3 Å². The lowest BCUT2D eigenvalue weighted by molar-refractivity contribution is 0.379. The second kappa shape index (κ2) is 5.36. The van der Waals surface area contributed by atoms with Crippen molar-refractivity contribution in [2.24, 2.45) is 15.5 Å². The summed E-state index contributed by atoms with van der Waals surface area (Å²) in [5.41, 5.74) is 5.94. The summed E-state index contributed by atoms with van der Waals surface area (Å²) < 4.78 is 27.1. The highest BCUT2D eigenvalue weighted by Gasteiger charge is 2.29. The highest BCUT2D eigenvalue weighted by molar-refractivity contribution is 7.90. The number of rotatable bonds is 2. The number of nitrogen functional groups attached to an aromatic ring is 1. The quantitative estimate of drug-likeness (QED) is 0.481. The fourth-order valence-corrected chi connectivity index (χ4v) is 2.91. The van der Waals surface area contributed by atoms with Gasteiger partial charge in [0.1, 0.15) is 0 Å². The third kappa shape index (κ3) is 3.52. The summed E-state index contributed by atoms with van der Waals surface area (Å²) in [5.74, 6) is 0.189. The van der Waals surface area contributed by atoms with Crippen molar-refractivity contribution < 1.29 is 8.42 Å². The minimum absolute atomic E-state index is 0.122. The van der Waals surface area contributed by atoms with E-state index in [1.54, 1.807) is 6.21 Å². The largest absolute Gasteiger partial charge is 0.399 e. The molecule has 0 aliphatic carbocycles. The van der Waals surface area contributed by atoms with Crippen molar-refractivity contribution in [2.75, 3.05) is 19.3 Å². The highest BCUT2D eigenvalue weighted by atomic mass is 32.2. The summed E-state index contributed by atoms with van der Waals surface area (Å²) in [5, 5.41) is 5.72. The second-order valence-corrected chi connectivity index (χ2v) is 7.19. The van der Waals surface area contributed by atoms with E-state index in [1.165, 1.54) is 36.3 Å². The lowest BCUT2D eigenvalue weighted by Gasteiger charge is -2.21. The molecule has 0 amide bonds. The number of hydrogen-bond donors (Lipinski definition) is 2. The van der Waals surface area contributed by atoms with Crippen LogP contribution < -0.4 is 10.5 Å². The molecule has 1 aliphatic heterocycles. The first-order chi connectivity index (χ1) is 9.73. The van der Waals surface area contributed by atoms with Gasteiger partial charge in [-0.15, -0.1) is 0 Å². The molecule has 21 heavy (non-hydrogen) atoms. The maximum absolute atomic E-state index is 12.3. The molecule has 8 heteroatoms. The molecule has 2 rings (SSSR count). The van der Waals surface area contributed by atoms with Crippen LogP contribution in [0.4, 0.5) is 5.69 Å². The summed E-state index contributed by atoms with van der Waals surface area (Å²) in [6.07, 6.45) is 1.77. The van der Waals surface area contributed by atoms with Gasteiger partial charge in [-0.1, -0.05) is 13.8 Å². The number of hydrazone groups is 1. The molecular formula is C13H19N5O2S. The van der Waals surface area contributed by atoms with Crippen molar-refractivity contribution in [3.05, 3.63) is 24.3 Å². The molecule has 0 spiro atoms. The number of benzene rings is 1. The lowest BCUT2D eigenvalue weighted by atomic mass is 9.97. The predicted molar refractivity (Wildman–Crippen MR) is 83.5 cm³/mol. The molecule has 0 atom stereocenters. The molecule has 0 aromatic heterocycles. The Bertz CT molecular complexity index is 677. The highest BCUT2D eigenvalue weighted by Crippen LogP contribution is 2.21. The zero-order valence-electron chi connectivity index (χ0n) is 12.2. The van der Waals surface area contributed by atoms with E-state index in [1.807, 2.05) is 13.8 Å². The van der Waals surface area contributed by atoms with Gasteiger partial charge in [0.2, 0.25) is 5.96 Å². The fourth-order valence-electron chi connectivity index (χ4n) is 1.86. The molecule has 0 radical (unpaired) electrons. The average Bonchev–Trinajstić information content (AvgIpc) is 2.77. The average molecular weight is 309 g/mol. The van der Waals surface area contributed by atoms with Gasteiger partial charge in [-0.05, 0) is 24.3 Å². The van der Waals surface area contributed by atoms with E-state index in [9.17, 15) is 8.42 Å². The molecule has 0 unspecified atom stereocenters. The summed E-state index contributed by atoms with van der Waals surface area (Å²) in [7, 11) is -2.20. The Balaban J connectivity index is 2.19. The lowest BCUT2D eigenvalue weighted by Crippen LogP contribution is -2.42. The Hall–Kier alpha value is -2.09. The monoisotopic (exact) mass is 309 g/mol. The van der Waals surface area contributed by atoms with Crippen LogP contribution in [0, 0.1) is 5.41 Å². The van der Waals surface area contributed by atoms with Gasteiger partial charge in [-0.25, -0.2) is 18.1 Å². The van der Waals surface area contributed by atoms with Gasteiger partial charge >= 0.3 is 0 Å². The van der Waals surface area contributed by atoms with Crippen LogP contribution >= 0.6 is 0 Å². The first kappa shape index (κ1) is 15.3. The molecular weight excluding hydrogens is 290 g/mol. The molecule has 0 bridgehead atoms. The molecule has 1 aromatic rings. The van der Waals surface area contributed by atoms with Gasteiger partial charge in [0.15, 0.2) is 0 Å². The van der Waals surface area contributed by atoms with Gasteiger partial charge in [0.25, 0.3) is 10.0 Å². The van der Waals surface area contributed by atoms with Crippen molar-refractivity contribution in [3.63, 3.8) is 0 Å². The van der Waals surface area contributed by atoms with Crippen LogP contribution in [-0.2, 0) is 10.0 Å². The number of anilines is 1. The summed E-state index contributed by atoms with van der Waals surface area (Å²) in [4.78, 5) is 4.10. The Labute approximate surface area is 124 Å². The van der Waals surface area contributed by atoms with Crippen LogP contribution in [0.1, 0.15) is 13.8 Å². The van der Waals surface area contributed by atoms with E-state index in [2.05, 4.69) is 14.8 Å². The number of guanidine groups is 1. The Morgan fingerprint density at radius 1 is 1.38 bits per heavy atom. The van der Waals surface area contributed by atoms with E-state index in [0.717, 1.165) is 0 Å². The second-order valence-electron chi connectivity index (χ2n) is 5.51. The summed E-state index contributed by atoms with van der Waals surface area (Å²) in [6, 6.07) is 5.97. The predicted octanol–water partition coefficient (Wildman–Crippen LogP) is 0.860. The van der Waals surface area contributed by atoms with Crippen molar-refractivity contribution in [1.29, 1.82) is 0 Å². The maximum Gasteiger partial charge on any atom is 0.264 e. The van der Waals surface area contributed by atoms with Crippen molar-refractivity contribution in [3.8, 4) is 0 Å². The van der Waals surface area contributed by atoms with Crippen LogP contribution in [0.25, 0.3) is 0 Å². The van der Waals surface area contributed by atoms with Crippen molar-refractivity contribution in [2.45, 2.75) is 18.7 Å². The van der Waals surface area contributed by atoms with Crippen LogP contribution in [0.15, 0.2) is 39.3 Å². The van der Waals surface area contributed by atoms with Gasteiger partial charge in [-0.2, -0.15) is 5.10 Å². The number of hydrogen-bond acceptors (Lipinski definition) is 5. The van der Waals surface area contributed by atoms with Crippen molar-refractivity contribution in [1.82, 2.24) is 9.73 Å². The zero-order valence-corrected chi connectivity index (χ0v) is 13.1. The minimum atomic E-state index is -3.71. The molecule has 3 N–H and O–H groups in total. The van der Waals surface area contributed by atoms with E-state index in [0.29, 0.717) is 12.2 Å². The zero-order chi connectivity index (χ0) is 15.7. The van der Waals surface area contributed by atoms with E-state index < -0.39 is 10.0 Å². The molecule has 0 saturated heterocycles. The van der Waals surface area contributed by atoms with E-state index >= 15 is 0 Å². The molecule has 1 aromatic carbocycles. The third-order valence-electron chi connectivity index (χ3n) is 2.98. The van der Waals surface area contributed by atoms with Gasteiger partial charge < -0.3 is 5.73 Å². The van der Waals surface area contributed by atoms with Crippen LogP contribution in [0.2, 0.25) is 0 Å². The number of nitrogens with two attached hydrogens (primary N) is 1. The van der Waals surface area contributed by atoms with Crippen LogP contribution in [0.5, 0.6) is 0 Å². The molecule has 114 valence electrons. The smallest absolute Gasteiger partial charge is 0.264 e. The normalized spacial score (nSPS) is 18.0. The Morgan fingerprint density at radius 2 is 2.00 bits per heavy atom. The maximum atomic E-state index is 12.3. The summed E-state index contributed by atoms with van der Waals surface area (Å²) in [6.45, 7) is 4.58. The van der Waals surface area contributed by atoms with Gasteiger partial charge in [-0.3, -0.25) is 4.99 Å². The molecule has 1 heterocycles. The van der Waals surface area contributed by atoms with Crippen molar-refractivity contribution >= 4 is 27.9 Å². The van der Waals surface area contributed by atoms with Crippen LogP contribution in [-0.4, -0.2) is 39.2 Å². The first-order valence-electron chi connectivity index (χ1n) is 6.41. The molecule has 1 aliphatic rings. The SMILES string of the molecule is CN=C(NS(=O)(=O)c1ccc(N)cc1)N1CC(C)(C)C=N1. The topological polar surface area (TPSA) is 100 Å². The Morgan fingerprint density at radius 3 is 2.48 bits per heavy atom. The Kier molecular flexibility index (Phi) is 3.91. The summed E-state index contributed by atoms with van der Waals surface area (Å²) >= 11 is 0. The van der Waals surface area contributed by atoms with Crippen LogP contribution in [0.3, 0.4) is 0 Å². The first-order valence-corrected chi connectivity index (χ1v) is 7.90. The van der Waals surface area contributed by atoms with E-state index in [4.69, 9.17) is 5.73 Å². The number of nitrogens with one attached hydrogen (secondary N) is 1. The fraction of sp³-hybridized carbons (Fsp3) is 0.385. The number of aliphatic imine (C=N–C) groups is 1. The third-order valence-corrected chi connectivity index (χ3v) is 4.32. The number of nitrogens with zero attached hydrogens (tertiary/aromatic N) is 3. The van der Waals surface area contributed by atoms with Gasteiger partial charge in [0, 0.05) is 24.4 Å². The molecule has 0 saturated carbocycles. The molecule has 7 nitrogen and oxygen atoms in total. The minimum Gasteiger partial charge on any atom is -0.399 e. The van der Waals surface area contributed by atoms with Gasteiger partial charge in [0.05, 0.1) is 11.4 Å².